The fourth-order valence-electron chi connectivity index (χ4n) is 3.41. The van der Waals surface area contributed by atoms with Gasteiger partial charge in [-0.2, -0.15) is 4.98 Å². The van der Waals surface area contributed by atoms with Crippen LogP contribution in [0.3, 0.4) is 0 Å². The number of sulfone groups is 1. The van der Waals surface area contributed by atoms with Crippen LogP contribution in [0.4, 0.5) is 5.82 Å². The lowest BCUT2D eigenvalue weighted by Gasteiger charge is -2.37. The molecular formula is C20H22N4O5S. The summed E-state index contributed by atoms with van der Waals surface area (Å²) < 4.78 is 26.9. The van der Waals surface area contributed by atoms with E-state index in [1.165, 1.54) is 35.7 Å². The molecule has 1 aromatic carbocycles. The summed E-state index contributed by atoms with van der Waals surface area (Å²) in [7, 11) is -0.744. The Morgan fingerprint density at radius 2 is 2.00 bits per heavy atom. The zero-order valence-corrected chi connectivity index (χ0v) is 17.4. The van der Waals surface area contributed by atoms with Gasteiger partial charge in [-0.1, -0.05) is 17.9 Å². The molecule has 2 heterocycles. The predicted octanol–water partition coefficient (Wildman–Crippen LogP) is 0.529. The van der Waals surface area contributed by atoms with Crippen molar-refractivity contribution >= 4 is 21.6 Å². The van der Waals surface area contributed by atoms with Crippen LogP contribution in [-0.4, -0.2) is 64.7 Å². The van der Waals surface area contributed by atoms with E-state index >= 15 is 0 Å². The number of benzene rings is 1. The third-order valence-electron chi connectivity index (χ3n) is 5.21. The van der Waals surface area contributed by atoms with Gasteiger partial charge in [0, 0.05) is 19.7 Å². The third-order valence-corrected chi connectivity index (χ3v) is 7.05. The number of aliphatic hydroxyl groups is 1. The molecule has 1 fully saturated rings. The van der Waals surface area contributed by atoms with Crippen molar-refractivity contribution < 1.29 is 23.4 Å². The summed E-state index contributed by atoms with van der Waals surface area (Å²) in [5, 5.41) is 19.9. The van der Waals surface area contributed by atoms with E-state index < -0.39 is 22.1 Å². The van der Waals surface area contributed by atoms with Crippen LogP contribution >= 0.6 is 0 Å². The second-order valence-corrected chi connectivity index (χ2v) is 9.52. The number of nitrogens with zero attached hydrogens (tertiary/aromatic N) is 4. The van der Waals surface area contributed by atoms with Crippen LogP contribution in [0.5, 0.6) is 5.75 Å². The SMILES string of the molecule is CN1C(=O)c2c(nc(S(=O)(=O)CC3CC3)n2C)N(CC#Cc2cccc(O)c2)C1O. The number of imidazole rings is 1. The summed E-state index contributed by atoms with van der Waals surface area (Å²) in [6.45, 7) is 0.000564. The molecule has 1 unspecified atom stereocenters. The summed E-state index contributed by atoms with van der Waals surface area (Å²) >= 11 is 0. The van der Waals surface area contributed by atoms with Gasteiger partial charge in [0.1, 0.15) is 5.75 Å². The normalized spacial score (nSPS) is 18.8. The molecule has 30 heavy (non-hydrogen) atoms. The largest absolute Gasteiger partial charge is 0.508 e. The predicted molar refractivity (Wildman–Crippen MR) is 108 cm³/mol. The summed E-state index contributed by atoms with van der Waals surface area (Å²) in [5.41, 5.74) is 0.677. The van der Waals surface area contributed by atoms with Crippen LogP contribution in [0, 0.1) is 17.8 Å². The highest BCUT2D eigenvalue weighted by molar-refractivity contribution is 7.91. The first-order valence-electron chi connectivity index (χ1n) is 9.48. The molecule has 0 radical (unpaired) electrons. The summed E-state index contributed by atoms with van der Waals surface area (Å²) in [6.07, 6.45) is 0.415. The Kier molecular flexibility index (Phi) is 4.95. The highest BCUT2D eigenvalue weighted by Gasteiger charge is 2.41. The van der Waals surface area contributed by atoms with Gasteiger partial charge >= 0.3 is 0 Å². The minimum Gasteiger partial charge on any atom is -0.508 e. The van der Waals surface area contributed by atoms with E-state index in [1.807, 2.05) is 0 Å². The van der Waals surface area contributed by atoms with Gasteiger partial charge in [0.05, 0.1) is 12.3 Å². The van der Waals surface area contributed by atoms with E-state index in [-0.39, 0.29) is 40.6 Å². The van der Waals surface area contributed by atoms with Crippen LogP contribution in [0.2, 0.25) is 0 Å². The van der Waals surface area contributed by atoms with Crippen LogP contribution in [0.25, 0.3) is 0 Å². The Morgan fingerprint density at radius 1 is 1.27 bits per heavy atom. The number of aromatic nitrogens is 2. The first kappa shape index (κ1) is 20.3. The van der Waals surface area contributed by atoms with Crippen molar-refractivity contribution in [3.05, 3.63) is 35.5 Å². The van der Waals surface area contributed by atoms with Gasteiger partial charge in [-0.15, -0.1) is 0 Å². The molecule has 4 rings (SSSR count). The monoisotopic (exact) mass is 430 g/mol. The van der Waals surface area contributed by atoms with Crippen molar-refractivity contribution in [3.8, 4) is 17.6 Å². The van der Waals surface area contributed by atoms with Gasteiger partial charge in [-0.3, -0.25) is 9.69 Å². The van der Waals surface area contributed by atoms with Crippen LogP contribution in [0.1, 0.15) is 28.9 Å². The summed E-state index contributed by atoms with van der Waals surface area (Å²) in [6, 6.07) is 6.42. The van der Waals surface area contributed by atoms with E-state index in [0.29, 0.717) is 5.56 Å². The first-order chi connectivity index (χ1) is 14.2. The highest BCUT2D eigenvalue weighted by atomic mass is 32.2. The Morgan fingerprint density at radius 3 is 2.67 bits per heavy atom. The molecule has 0 spiro atoms. The molecule has 1 aliphatic heterocycles. The van der Waals surface area contributed by atoms with E-state index in [0.717, 1.165) is 17.7 Å². The van der Waals surface area contributed by atoms with Crippen molar-refractivity contribution in [2.24, 2.45) is 13.0 Å². The number of anilines is 1. The van der Waals surface area contributed by atoms with E-state index in [4.69, 9.17) is 0 Å². The molecule has 1 saturated carbocycles. The highest BCUT2D eigenvalue weighted by Crippen LogP contribution is 2.35. The van der Waals surface area contributed by atoms with Crippen molar-refractivity contribution in [3.63, 3.8) is 0 Å². The Balaban J connectivity index is 1.70. The number of phenols is 1. The lowest BCUT2D eigenvalue weighted by atomic mass is 10.2. The van der Waals surface area contributed by atoms with Crippen molar-refractivity contribution in [2.45, 2.75) is 24.3 Å². The molecule has 2 aromatic rings. The number of carbonyl (C=O) groups is 1. The van der Waals surface area contributed by atoms with Crippen LogP contribution < -0.4 is 4.90 Å². The number of rotatable bonds is 4. The average Bonchev–Trinajstić information content (AvgIpc) is 3.41. The molecule has 1 atom stereocenters. The van der Waals surface area contributed by atoms with Gasteiger partial charge in [-0.05, 0) is 37.0 Å². The van der Waals surface area contributed by atoms with Gasteiger partial charge in [0.15, 0.2) is 11.5 Å². The fraction of sp³-hybridized carbons (Fsp3) is 0.400. The molecule has 1 amide bonds. The van der Waals surface area contributed by atoms with Crippen LogP contribution in [0.15, 0.2) is 29.4 Å². The second-order valence-electron chi connectivity index (χ2n) is 7.59. The molecule has 0 bridgehead atoms. The molecule has 1 aromatic heterocycles. The van der Waals surface area contributed by atoms with Gasteiger partial charge in [0.25, 0.3) is 5.91 Å². The molecule has 1 aliphatic carbocycles. The Hall–Kier alpha value is -3.03. The molecule has 158 valence electrons. The number of aromatic hydroxyl groups is 1. The quantitative estimate of drug-likeness (QED) is 0.680. The summed E-state index contributed by atoms with van der Waals surface area (Å²) in [4.78, 5) is 19.5. The topological polar surface area (TPSA) is 116 Å². The summed E-state index contributed by atoms with van der Waals surface area (Å²) in [5.74, 6) is 5.56. The second kappa shape index (κ2) is 7.34. The molecule has 0 saturated heterocycles. The number of hydrogen-bond donors (Lipinski definition) is 2. The molecule has 2 N–H and O–H groups in total. The minimum atomic E-state index is -3.66. The number of phenolic OH excluding ortho intramolecular Hbond substituents is 1. The minimum absolute atomic E-state index is 0.000564. The number of fused-ring (bicyclic) bond motifs is 1. The van der Waals surface area contributed by atoms with E-state index in [9.17, 15) is 23.4 Å². The van der Waals surface area contributed by atoms with Crippen molar-refractivity contribution in [2.75, 3.05) is 24.2 Å². The lowest BCUT2D eigenvalue weighted by molar-refractivity contribution is 0.0139. The molecule has 10 heteroatoms. The maximum atomic E-state index is 12.8. The maximum Gasteiger partial charge on any atom is 0.277 e. The molecule has 2 aliphatic rings. The molecular weight excluding hydrogens is 408 g/mol. The number of carbonyl (C=O) groups excluding carboxylic acids is 1. The molecule has 9 nitrogen and oxygen atoms in total. The lowest BCUT2D eigenvalue weighted by Crippen LogP contribution is -2.54. The Bertz CT molecular complexity index is 1170. The number of hydrogen-bond acceptors (Lipinski definition) is 7. The standard InChI is InChI=1S/C20H22N4O5S/c1-22-16-17(21-19(22)30(28,29)12-14-8-9-14)24(20(27)23(2)18(16)26)10-4-6-13-5-3-7-15(25)11-13/h3,5,7,11,14,20,25,27H,8-10,12H2,1-2H3. The smallest absolute Gasteiger partial charge is 0.277 e. The third kappa shape index (κ3) is 3.62. The number of amides is 1. The fourth-order valence-corrected chi connectivity index (χ4v) is 5.25. The number of aliphatic hydroxyl groups excluding tert-OH is 1. The zero-order valence-electron chi connectivity index (χ0n) is 16.6. The average molecular weight is 430 g/mol. The van der Waals surface area contributed by atoms with E-state index in [2.05, 4.69) is 16.8 Å². The van der Waals surface area contributed by atoms with E-state index in [1.54, 1.807) is 12.1 Å². The van der Waals surface area contributed by atoms with Gasteiger partial charge in [0.2, 0.25) is 21.3 Å². The van der Waals surface area contributed by atoms with Gasteiger partial charge < -0.3 is 19.7 Å². The first-order valence-corrected chi connectivity index (χ1v) is 11.1. The maximum absolute atomic E-state index is 12.8. The van der Waals surface area contributed by atoms with Crippen molar-refractivity contribution in [1.82, 2.24) is 14.5 Å². The Labute approximate surface area is 174 Å². The van der Waals surface area contributed by atoms with Crippen molar-refractivity contribution in [1.29, 1.82) is 0 Å². The van der Waals surface area contributed by atoms with Gasteiger partial charge in [-0.25, -0.2) is 8.42 Å². The zero-order chi connectivity index (χ0) is 21.6. The van der Waals surface area contributed by atoms with Crippen LogP contribution in [-0.2, 0) is 16.9 Å².